The molecule has 1 fully saturated rings. The molecule has 0 aromatic rings. The van der Waals surface area contributed by atoms with Crippen molar-refractivity contribution in [2.45, 2.75) is 38.5 Å². The van der Waals surface area contributed by atoms with Crippen molar-refractivity contribution in [2.24, 2.45) is 0 Å². The maximum absolute atomic E-state index is 11.8. The first-order valence-electron chi connectivity index (χ1n) is 5.97. The summed E-state index contributed by atoms with van der Waals surface area (Å²) in [5, 5.41) is 0. The first kappa shape index (κ1) is 14.2. The number of nitrogens with zero attached hydrogens (tertiary/aromatic N) is 1. The average Bonchev–Trinajstić information content (AvgIpc) is 2.30. The van der Waals surface area contributed by atoms with Crippen LogP contribution in [-0.4, -0.2) is 38.2 Å². The van der Waals surface area contributed by atoms with Crippen molar-refractivity contribution < 1.29 is 8.42 Å². The Morgan fingerprint density at radius 1 is 1.06 bits per heavy atom. The van der Waals surface area contributed by atoms with Crippen LogP contribution in [0, 0.1) is 0 Å². The Kier molecular flexibility index (Phi) is 6.65. The molecule has 0 amide bonds. The minimum absolute atomic E-state index is 0.524. The Balaban J connectivity index is 2.22. The summed E-state index contributed by atoms with van der Waals surface area (Å²) in [4.78, 5) is 0. The molecule has 0 saturated carbocycles. The number of hydrogen-bond donors (Lipinski definition) is 1. The molecule has 0 bridgehead atoms. The second-order valence-corrected chi connectivity index (χ2v) is 6.24. The molecule has 0 unspecified atom stereocenters. The highest BCUT2D eigenvalue weighted by atomic mass is 35.5. The van der Waals surface area contributed by atoms with Crippen molar-refractivity contribution in [3.05, 3.63) is 0 Å². The molecular formula is C10H21ClN2O2S. The van der Waals surface area contributed by atoms with Crippen LogP contribution in [0.2, 0.25) is 0 Å². The molecule has 0 aromatic carbocycles. The highest BCUT2D eigenvalue weighted by Gasteiger charge is 2.22. The minimum atomic E-state index is -3.22. The van der Waals surface area contributed by atoms with E-state index in [1.807, 2.05) is 0 Å². The fourth-order valence-corrected chi connectivity index (χ4v) is 3.31. The summed E-state index contributed by atoms with van der Waals surface area (Å²) >= 11 is 5.55. The van der Waals surface area contributed by atoms with Crippen LogP contribution in [0.5, 0.6) is 0 Å². The number of rotatable bonds is 7. The average molecular weight is 269 g/mol. The summed E-state index contributed by atoms with van der Waals surface area (Å²) in [5.74, 6) is 0.652. The van der Waals surface area contributed by atoms with Crippen molar-refractivity contribution in [1.29, 1.82) is 0 Å². The number of piperidine rings is 1. The van der Waals surface area contributed by atoms with Crippen LogP contribution in [0.25, 0.3) is 0 Å². The van der Waals surface area contributed by atoms with E-state index in [0.717, 1.165) is 38.5 Å². The monoisotopic (exact) mass is 268 g/mol. The number of halogens is 1. The lowest BCUT2D eigenvalue weighted by Crippen LogP contribution is -2.43. The predicted octanol–water partition coefficient (Wildman–Crippen LogP) is 1.72. The summed E-state index contributed by atoms with van der Waals surface area (Å²) in [6, 6.07) is 0. The third kappa shape index (κ3) is 4.99. The normalized spacial score (nSPS) is 18.8. The van der Waals surface area contributed by atoms with Crippen molar-refractivity contribution >= 4 is 21.8 Å². The first-order valence-corrected chi connectivity index (χ1v) is 7.95. The number of unbranched alkanes of at least 4 members (excludes halogenated alkanes) is 2. The van der Waals surface area contributed by atoms with Crippen molar-refractivity contribution in [1.82, 2.24) is 9.03 Å². The van der Waals surface area contributed by atoms with Crippen molar-refractivity contribution in [2.75, 3.05) is 25.5 Å². The van der Waals surface area contributed by atoms with Crippen LogP contribution in [-0.2, 0) is 10.2 Å². The van der Waals surface area contributed by atoms with E-state index >= 15 is 0 Å². The molecule has 1 saturated heterocycles. The predicted molar refractivity (Wildman–Crippen MR) is 66.9 cm³/mol. The van der Waals surface area contributed by atoms with E-state index in [-0.39, 0.29) is 0 Å². The number of hydrogen-bond acceptors (Lipinski definition) is 2. The van der Waals surface area contributed by atoms with Gasteiger partial charge in [0, 0.05) is 25.5 Å². The van der Waals surface area contributed by atoms with Gasteiger partial charge in [0.2, 0.25) is 0 Å². The van der Waals surface area contributed by atoms with Gasteiger partial charge in [-0.05, 0) is 25.7 Å². The van der Waals surface area contributed by atoms with E-state index in [0.29, 0.717) is 25.5 Å². The Bertz CT molecular complexity index is 277. The summed E-state index contributed by atoms with van der Waals surface area (Å²) in [7, 11) is -3.22. The highest BCUT2D eigenvalue weighted by Crippen LogP contribution is 2.11. The fourth-order valence-electron chi connectivity index (χ4n) is 1.79. The molecule has 0 spiro atoms. The molecule has 16 heavy (non-hydrogen) atoms. The van der Waals surface area contributed by atoms with Crippen LogP contribution < -0.4 is 4.72 Å². The zero-order valence-corrected chi connectivity index (χ0v) is 11.2. The summed E-state index contributed by atoms with van der Waals surface area (Å²) in [6.45, 7) is 1.85. The van der Waals surface area contributed by atoms with Crippen LogP contribution in [0.3, 0.4) is 0 Å². The first-order chi connectivity index (χ1) is 7.67. The van der Waals surface area contributed by atoms with E-state index in [9.17, 15) is 8.42 Å². The van der Waals surface area contributed by atoms with E-state index < -0.39 is 10.2 Å². The van der Waals surface area contributed by atoms with Gasteiger partial charge in [0.25, 0.3) is 10.2 Å². The molecule has 1 aliphatic rings. The third-order valence-corrected chi connectivity index (χ3v) is 4.63. The topological polar surface area (TPSA) is 49.4 Å². The van der Waals surface area contributed by atoms with Gasteiger partial charge in [-0.1, -0.05) is 12.8 Å². The molecule has 1 N–H and O–H groups in total. The molecule has 0 aliphatic carbocycles. The van der Waals surface area contributed by atoms with E-state index in [4.69, 9.17) is 11.6 Å². The van der Waals surface area contributed by atoms with Gasteiger partial charge in [-0.3, -0.25) is 0 Å². The molecule has 0 atom stereocenters. The molecule has 0 radical (unpaired) electrons. The minimum Gasteiger partial charge on any atom is -0.202 e. The van der Waals surface area contributed by atoms with Crippen LogP contribution in [0.4, 0.5) is 0 Å². The Hall–Kier alpha value is 0.160. The van der Waals surface area contributed by atoms with Gasteiger partial charge in [-0.15, -0.1) is 11.6 Å². The highest BCUT2D eigenvalue weighted by molar-refractivity contribution is 7.87. The van der Waals surface area contributed by atoms with E-state index in [2.05, 4.69) is 4.72 Å². The molecule has 1 rings (SSSR count). The zero-order chi connectivity index (χ0) is 11.9. The van der Waals surface area contributed by atoms with Gasteiger partial charge in [0.15, 0.2) is 0 Å². The lowest BCUT2D eigenvalue weighted by atomic mass is 10.2. The zero-order valence-electron chi connectivity index (χ0n) is 9.62. The second-order valence-electron chi connectivity index (χ2n) is 4.11. The SMILES string of the molecule is O=S(=O)(NCCCCCCl)N1CCCCC1. The van der Waals surface area contributed by atoms with Crippen LogP contribution in [0.15, 0.2) is 0 Å². The quantitative estimate of drug-likeness (QED) is 0.565. The van der Waals surface area contributed by atoms with Crippen LogP contribution >= 0.6 is 11.6 Å². The lowest BCUT2D eigenvalue weighted by Gasteiger charge is -2.25. The second kappa shape index (κ2) is 7.48. The largest absolute Gasteiger partial charge is 0.279 e. The molecule has 1 heterocycles. The Morgan fingerprint density at radius 2 is 1.75 bits per heavy atom. The molecule has 1 aliphatic heterocycles. The standard InChI is InChI=1S/C10H21ClN2O2S/c11-7-3-1-4-8-12-16(14,15)13-9-5-2-6-10-13/h12H,1-10H2. The third-order valence-electron chi connectivity index (χ3n) is 2.75. The van der Waals surface area contributed by atoms with Crippen molar-refractivity contribution in [3.63, 3.8) is 0 Å². The summed E-state index contributed by atoms with van der Waals surface area (Å²) in [6.07, 6.45) is 5.89. The van der Waals surface area contributed by atoms with Gasteiger partial charge in [0.1, 0.15) is 0 Å². The van der Waals surface area contributed by atoms with E-state index in [1.165, 1.54) is 0 Å². The molecular weight excluding hydrogens is 248 g/mol. The molecule has 0 aromatic heterocycles. The Morgan fingerprint density at radius 3 is 2.38 bits per heavy atom. The molecule has 4 nitrogen and oxygen atoms in total. The van der Waals surface area contributed by atoms with Gasteiger partial charge in [0.05, 0.1) is 0 Å². The maximum Gasteiger partial charge on any atom is 0.279 e. The van der Waals surface area contributed by atoms with Gasteiger partial charge in [-0.2, -0.15) is 12.7 Å². The smallest absolute Gasteiger partial charge is 0.202 e. The molecule has 96 valence electrons. The van der Waals surface area contributed by atoms with Crippen LogP contribution in [0.1, 0.15) is 38.5 Å². The lowest BCUT2D eigenvalue weighted by molar-refractivity contribution is 0.341. The number of alkyl halides is 1. The van der Waals surface area contributed by atoms with E-state index in [1.54, 1.807) is 4.31 Å². The molecule has 6 heteroatoms. The van der Waals surface area contributed by atoms with Gasteiger partial charge >= 0.3 is 0 Å². The summed E-state index contributed by atoms with van der Waals surface area (Å²) in [5.41, 5.74) is 0. The fraction of sp³-hybridized carbons (Fsp3) is 1.00. The summed E-state index contributed by atoms with van der Waals surface area (Å²) < 4.78 is 27.8. The number of nitrogens with one attached hydrogen (secondary N) is 1. The maximum atomic E-state index is 11.8. The van der Waals surface area contributed by atoms with Crippen molar-refractivity contribution in [3.8, 4) is 0 Å². The van der Waals surface area contributed by atoms with Gasteiger partial charge in [-0.25, -0.2) is 4.72 Å². The van der Waals surface area contributed by atoms with Gasteiger partial charge < -0.3 is 0 Å². The Labute approximate surface area is 104 Å².